The van der Waals surface area contributed by atoms with Gasteiger partial charge in [0, 0.05) is 115 Å². The maximum absolute atomic E-state index is 11.6. The molecule has 0 bridgehead atoms. The minimum absolute atomic E-state index is 0. The van der Waals surface area contributed by atoms with Crippen LogP contribution < -0.4 is 16.0 Å². The molecule has 21 nitrogen and oxygen atoms in total. The number of ketones is 12. The van der Waals surface area contributed by atoms with Crippen LogP contribution in [0.1, 0.15) is 519 Å². The molecule has 0 radical (unpaired) electrons. The molecule has 3 amide bonds. The minimum atomic E-state index is -0.227. The van der Waals surface area contributed by atoms with Gasteiger partial charge in [-0.05, 0) is 151 Å². The third-order valence-electron chi connectivity index (χ3n) is 19.7. The van der Waals surface area contributed by atoms with Crippen molar-refractivity contribution in [3.05, 3.63) is 41.5 Å². The largest absolute Gasteiger partial charge is 2.00 e. The van der Waals surface area contributed by atoms with E-state index in [1.807, 2.05) is 62.3 Å². The smallest absolute Gasteiger partial charge is 0.381 e. The van der Waals surface area contributed by atoms with Gasteiger partial charge in [0.1, 0.15) is 46.3 Å². The van der Waals surface area contributed by atoms with Crippen LogP contribution in [0.15, 0.2) is 0 Å². The third-order valence-corrected chi connectivity index (χ3v) is 19.7. The van der Waals surface area contributed by atoms with E-state index in [0.717, 1.165) is 122 Å². The Morgan fingerprint density at radius 3 is 0.652 bits per heavy atom. The molecular weight excluding hydrogens is 2290 g/mol. The number of carbonyl (C=O) groups excluding carboxylic acids is 15. The summed E-state index contributed by atoms with van der Waals surface area (Å²) in [7, 11) is 0. The van der Waals surface area contributed by atoms with Gasteiger partial charge in [0.25, 0.3) is 0 Å². The summed E-state index contributed by atoms with van der Waals surface area (Å²) in [5.74, 6) is 1.87. The zero-order chi connectivity index (χ0) is 110. The van der Waals surface area contributed by atoms with Crippen molar-refractivity contribution in [2.45, 2.75) is 519 Å². The number of carbonyl (C=O) groups is 15. The number of nitrogens with one attached hydrogen (secondary N) is 3. The van der Waals surface area contributed by atoms with Gasteiger partial charge in [0.15, 0.2) is 11.6 Å². The molecule has 0 aromatic heterocycles. The Morgan fingerprint density at radius 1 is 0.199 bits per heavy atom. The fourth-order valence-corrected chi connectivity index (χ4v) is 10.6. The van der Waals surface area contributed by atoms with Crippen molar-refractivity contribution in [1.29, 1.82) is 0 Å². The van der Waals surface area contributed by atoms with Gasteiger partial charge >= 0.3 is 63.2 Å². The zero-order valence-corrected chi connectivity index (χ0v) is 107. The summed E-state index contributed by atoms with van der Waals surface area (Å²) >= 11 is 0. The van der Waals surface area contributed by atoms with Crippen molar-refractivity contribution in [2.75, 3.05) is 59.3 Å². The van der Waals surface area contributed by atoms with E-state index in [2.05, 4.69) is 182 Å². The Balaban J connectivity index is -0.0000000959. The van der Waals surface area contributed by atoms with Crippen molar-refractivity contribution in [3.63, 3.8) is 0 Å². The van der Waals surface area contributed by atoms with Crippen molar-refractivity contribution in [2.24, 2.45) is 48.7 Å². The first kappa shape index (κ1) is 171. The Kier molecular flexibility index (Phi) is 130. The molecule has 0 aromatic rings. The van der Waals surface area contributed by atoms with E-state index < -0.39 is 0 Å². The molecule has 834 valence electrons. The SMILES string of the molecule is CC(=O)CCCCCCC(C)(C)C.CC(=O)CCCCCCCC(=O)C(C)(C)C.CC(=O)CCOCCCC(C)(C)C.CC(=O)CCOCCCCC(=O)C(C)(C)C.CC(=O)NCC(=O)CCCCCCCC(C)(C)C.CC(=O)NCC(=O)CCOCCCCC(C)(C)C.[CH2-]CC(=O)CNC(C)=O.[CH2-]CC(C)=O.[CH2-]CC(C)=O.[CH2-]CCC(C)(C)C.[CH2-]CCCC(=O)C(C)(C)C.[CH2-]CCCC(C)(C)C.[W+2].[W+2].[W+2]. The summed E-state index contributed by atoms with van der Waals surface area (Å²) in [6.07, 6.45) is 40.4. The second-order valence-electron chi connectivity index (χ2n) is 46.8. The molecule has 0 aliphatic carbocycles. The fraction of sp³-hybridized carbons (Fsp3) is 0.821. The zero-order valence-electron chi connectivity index (χ0n) is 98.4. The first-order chi connectivity index (χ1) is 62.9. The first-order valence-corrected chi connectivity index (χ1v) is 52.3. The molecule has 0 heterocycles. The van der Waals surface area contributed by atoms with Gasteiger partial charge in [-0.3, -0.25) is 47.9 Å². The van der Waals surface area contributed by atoms with Crippen LogP contribution in [0.5, 0.6) is 0 Å². The summed E-state index contributed by atoms with van der Waals surface area (Å²) in [4.78, 5) is 161. The molecule has 0 rings (SSSR count). The molecule has 0 aliphatic heterocycles. The monoisotopic (exact) mass is 2510 g/mol. The van der Waals surface area contributed by atoms with E-state index in [1.54, 1.807) is 27.7 Å². The van der Waals surface area contributed by atoms with Crippen molar-refractivity contribution in [1.82, 2.24) is 16.0 Å². The van der Waals surface area contributed by atoms with Gasteiger partial charge in [-0.15, -0.1) is 19.3 Å². The van der Waals surface area contributed by atoms with Crippen LogP contribution in [0, 0.1) is 90.3 Å². The number of amides is 3. The van der Waals surface area contributed by atoms with Gasteiger partial charge in [0.2, 0.25) is 17.7 Å². The maximum atomic E-state index is 11.6. The van der Waals surface area contributed by atoms with Crippen LogP contribution in [0.25, 0.3) is 0 Å². The summed E-state index contributed by atoms with van der Waals surface area (Å²) in [6, 6.07) is 0. The van der Waals surface area contributed by atoms with E-state index >= 15 is 0 Å². The number of Topliss-reactive ketones (excluding diaryl/α,β-unsaturated/α-hetero) is 12. The number of ether oxygens (including phenoxy) is 3. The van der Waals surface area contributed by atoms with Crippen molar-refractivity contribution < 1.29 is 149 Å². The number of hydrogen-bond acceptors (Lipinski definition) is 18. The summed E-state index contributed by atoms with van der Waals surface area (Å²) in [6.45, 7) is 97.2. The molecule has 0 saturated carbocycles. The van der Waals surface area contributed by atoms with Crippen LogP contribution in [0.3, 0.4) is 0 Å². The molecule has 0 spiro atoms. The molecule has 0 fully saturated rings. The topological polar surface area (TPSA) is 320 Å². The van der Waals surface area contributed by atoms with Crippen molar-refractivity contribution >= 4 is 87.1 Å². The predicted molar refractivity (Wildman–Crippen MR) is 584 cm³/mol. The maximum Gasteiger partial charge on any atom is 2.00 e. The van der Waals surface area contributed by atoms with E-state index in [1.165, 1.54) is 118 Å². The Labute approximate surface area is 914 Å². The van der Waals surface area contributed by atoms with E-state index in [4.69, 9.17) is 14.2 Å². The third kappa shape index (κ3) is 202. The Morgan fingerprint density at radius 2 is 0.411 bits per heavy atom. The Hall–Kier alpha value is -3.61. The first-order valence-electron chi connectivity index (χ1n) is 52.3. The average Bonchev–Trinajstić information content (AvgIpc) is 0.930. The molecule has 0 unspecified atom stereocenters. The summed E-state index contributed by atoms with van der Waals surface area (Å²) < 4.78 is 16.0. The van der Waals surface area contributed by atoms with Gasteiger partial charge in [-0.25, -0.2) is 0 Å². The predicted octanol–water partition coefficient (Wildman–Crippen LogP) is 29.0. The van der Waals surface area contributed by atoms with Gasteiger partial charge < -0.3 is 95.7 Å². The standard InChI is InChI=1S/C15H29NO2.C14H27NO3.C14H26O2.C13H24O3.C12H24O.C11H22O2.C9H17O.C8H17.C7H15.C6H10NO2.2C4H7O.3W/c1-13(17)16-12-14(18)10-8-6-5-7-9-11-15(2,3)4;1-12(16)15-11-13(17)7-10-18-9-6-5-8-14(2,3)4;1-12(15)10-8-6-5-7-9-11-13(16)14(2,3)4;1-11(14)8-10-16-9-6-5-7-12(15)13(2,3)4;1-11(13)9-7-5-6-8-10-12(2,3)4;1-10(12)6-9-13-8-5-7-11(2,3)4;1-5-6-7-8(10)9(2,3)4;1-5-6-7-8(2,3)4;1-5-6-7(2,3)4;1-3-6(9)4-7-5(2)8;2*1-3-4(2)5;;;/h5-12H2,1-4H3,(H,16,17);5-11H2,1-4H3,(H,15,16);5-11H2,1-4H3;5-10H2,1-4H3;5-10H2,1-4H3;5-9H2,1-4H3;1,5-7H2,2-4H3;1,5-7H2,2-4H3;1,5-6H2,2-4H3;1,3-4H2,2H3,(H,7,8);2*1,3H2,2H3;;;/q;;;;;;6*-1;3*+2. The molecule has 0 aromatic carbocycles. The van der Waals surface area contributed by atoms with Crippen molar-refractivity contribution in [3.8, 4) is 0 Å². The Bertz CT molecular complexity index is 2890. The van der Waals surface area contributed by atoms with Crippen LogP contribution >= 0.6 is 0 Å². The summed E-state index contributed by atoms with van der Waals surface area (Å²) in [5, 5.41) is 7.38. The number of hydrogen-bond donors (Lipinski definition) is 3. The summed E-state index contributed by atoms with van der Waals surface area (Å²) in [5.41, 5.74) is 2.12. The number of unbranched alkanes of at least 4 members (excludes halogenated alkanes) is 15. The second-order valence-corrected chi connectivity index (χ2v) is 46.8. The molecule has 141 heavy (non-hydrogen) atoms. The quantitative estimate of drug-likeness (QED) is 0.0376. The molecular formula is C117H225N3O18W3. The minimum Gasteiger partial charge on any atom is -0.381 e. The van der Waals surface area contributed by atoms with Crippen LogP contribution in [0.4, 0.5) is 0 Å². The van der Waals surface area contributed by atoms with E-state index in [-0.39, 0.29) is 169 Å². The molecule has 0 saturated heterocycles. The molecule has 0 aliphatic rings. The van der Waals surface area contributed by atoms with Gasteiger partial charge in [0.05, 0.1) is 51.0 Å². The van der Waals surface area contributed by atoms with Gasteiger partial charge in [-0.2, -0.15) is 19.3 Å². The van der Waals surface area contributed by atoms with Crippen LogP contribution in [-0.2, 0) is 149 Å². The van der Waals surface area contributed by atoms with E-state index in [0.29, 0.717) is 153 Å². The van der Waals surface area contributed by atoms with Gasteiger partial charge in [-0.1, -0.05) is 283 Å². The molecule has 0 atom stereocenters. The van der Waals surface area contributed by atoms with Crippen LogP contribution in [0.2, 0.25) is 0 Å². The second kappa shape index (κ2) is 108. The number of rotatable bonds is 57. The molecule has 24 heteroatoms. The average molecular weight is 2510 g/mol. The van der Waals surface area contributed by atoms with Crippen LogP contribution in [-0.4, -0.2) is 146 Å². The normalized spacial score (nSPS) is 10.9. The molecule has 3 N–H and O–H groups in total. The fourth-order valence-electron chi connectivity index (χ4n) is 10.6. The van der Waals surface area contributed by atoms with E-state index in [9.17, 15) is 71.9 Å².